The Morgan fingerprint density at radius 1 is 1.26 bits per heavy atom. The molecule has 0 spiro atoms. The fourth-order valence-corrected chi connectivity index (χ4v) is 2.79. The Morgan fingerprint density at radius 3 is 2.81 bits per heavy atom. The van der Waals surface area contributed by atoms with Gasteiger partial charge < -0.3 is 20.4 Å². The van der Waals surface area contributed by atoms with E-state index in [1.165, 1.54) is 6.33 Å². The van der Waals surface area contributed by atoms with Gasteiger partial charge in [0.2, 0.25) is 0 Å². The highest BCUT2D eigenvalue weighted by Crippen LogP contribution is 2.16. The summed E-state index contributed by atoms with van der Waals surface area (Å²) in [6, 6.07) is 7.17. The quantitative estimate of drug-likeness (QED) is 0.601. The number of amides is 1. The van der Waals surface area contributed by atoms with Crippen molar-refractivity contribution in [3.8, 4) is 0 Å². The Bertz CT molecular complexity index is 912. The second-order valence-electron chi connectivity index (χ2n) is 6.13. The summed E-state index contributed by atoms with van der Waals surface area (Å²) in [5.74, 6) is 0.369. The molecule has 3 rings (SSSR count). The molecule has 0 saturated carbocycles. The van der Waals surface area contributed by atoms with Crippen molar-refractivity contribution < 1.29 is 9.53 Å². The first-order valence-electron chi connectivity index (χ1n) is 8.64. The van der Waals surface area contributed by atoms with E-state index >= 15 is 0 Å². The van der Waals surface area contributed by atoms with Gasteiger partial charge in [-0.15, -0.1) is 0 Å². The average molecular weight is 389 g/mol. The predicted molar refractivity (Wildman–Crippen MR) is 103 cm³/mol. The number of imidazole rings is 1. The van der Waals surface area contributed by atoms with Gasteiger partial charge in [-0.3, -0.25) is 0 Å². The van der Waals surface area contributed by atoms with Gasteiger partial charge in [0, 0.05) is 11.6 Å². The highest BCUT2D eigenvalue weighted by atomic mass is 35.5. The van der Waals surface area contributed by atoms with Crippen LogP contribution in [0.2, 0.25) is 5.02 Å². The van der Waals surface area contributed by atoms with E-state index in [1.54, 1.807) is 18.5 Å². The van der Waals surface area contributed by atoms with E-state index in [0.29, 0.717) is 35.2 Å². The molecule has 0 unspecified atom stereocenters. The molecule has 142 valence electrons. The van der Waals surface area contributed by atoms with Gasteiger partial charge >= 0.3 is 6.09 Å². The van der Waals surface area contributed by atoms with E-state index in [1.807, 2.05) is 23.6 Å². The van der Waals surface area contributed by atoms with Crippen molar-refractivity contribution >= 4 is 34.7 Å². The van der Waals surface area contributed by atoms with Crippen LogP contribution in [-0.2, 0) is 11.3 Å². The maximum atomic E-state index is 11.9. The molecule has 0 saturated heterocycles. The van der Waals surface area contributed by atoms with Crippen molar-refractivity contribution in [1.82, 2.24) is 24.8 Å². The molecular weight excluding hydrogens is 368 g/mol. The number of benzene rings is 1. The van der Waals surface area contributed by atoms with Gasteiger partial charge in [0.05, 0.1) is 19.0 Å². The van der Waals surface area contributed by atoms with Gasteiger partial charge in [-0.1, -0.05) is 23.7 Å². The molecule has 0 aliphatic heterocycles. The van der Waals surface area contributed by atoms with Gasteiger partial charge in [-0.2, -0.15) is 0 Å². The first-order valence-corrected chi connectivity index (χ1v) is 9.02. The number of unbranched alkanes of at least 4 members (excludes halogenated alkanes) is 1. The van der Waals surface area contributed by atoms with Crippen LogP contribution in [0.3, 0.4) is 0 Å². The van der Waals surface area contributed by atoms with E-state index in [9.17, 15) is 4.79 Å². The van der Waals surface area contributed by atoms with Crippen LogP contribution in [0, 0.1) is 0 Å². The van der Waals surface area contributed by atoms with Crippen LogP contribution in [0.1, 0.15) is 31.4 Å². The minimum Gasteiger partial charge on any atom is -0.450 e. The highest BCUT2D eigenvalue weighted by molar-refractivity contribution is 6.30. The Kier molecular flexibility index (Phi) is 6.08. The summed E-state index contributed by atoms with van der Waals surface area (Å²) in [5.41, 5.74) is 8.04. The number of hydrogen-bond donors (Lipinski definition) is 2. The molecule has 9 heteroatoms. The van der Waals surface area contributed by atoms with E-state index in [0.717, 1.165) is 18.4 Å². The number of nitrogen functional groups attached to an aromatic ring is 1. The van der Waals surface area contributed by atoms with Crippen LogP contribution in [0.4, 0.5) is 10.6 Å². The van der Waals surface area contributed by atoms with E-state index < -0.39 is 6.09 Å². The van der Waals surface area contributed by atoms with Crippen molar-refractivity contribution in [3.63, 3.8) is 0 Å². The van der Waals surface area contributed by atoms with Crippen LogP contribution in [0.25, 0.3) is 11.2 Å². The standard InChI is InChI=1S/C18H21ClN6O2/c1-12(13-4-6-14(19)7-5-13)24-18(26)27-9-3-2-8-25-11-23-15-16(20)21-10-22-17(15)25/h4-7,10-12H,2-3,8-9H2,1H3,(H,24,26)(H2,20,21,22)/t12-/m0/s1. The van der Waals surface area contributed by atoms with Gasteiger partial charge in [0.25, 0.3) is 0 Å². The second kappa shape index (κ2) is 8.68. The summed E-state index contributed by atoms with van der Waals surface area (Å²) < 4.78 is 7.15. The van der Waals surface area contributed by atoms with Crippen molar-refractivity contribution in [2.24, 2.45) is 0 Å². The van der Waals surface area contributed by atoms with Crippen molar-refractivity contribution in [2.75, 3.05) is 12.3 Å². The fraction of sp³-hybridized carbons (Fsp3) is 0.333. The molecule has 1 atom stereocenters. The number of nitrogens with one attached hydrogen (secondary N) is 1. The molecule has 0 aliphatic rings. The summed E-state index contributed by atoms with van der Waals surface area (Å²) in [6.45, 7) is 2.93. The molecule has 1 aromatic carbocycles. The lowest BCUT2D eigenvalue weighted by atomic mass is 10.1. The molecule has 0 radical (unpaired) electrons. The number of carbonyl (C=O) groups is 1. The number of aryl methyl sites for hydroxylation is 1. The number of anilines is 1. The summed E-state index contributed by atoms with van der Waals surface area (Å²) in [4.78, 5) is 24.2. The lowest BCUT2D eigenvalue weighted by molar-refractivity contribution is 0.140. The zero-order valence-corrected chi connectivity index (χ0v) is 15.7. The van der Waals surface area contributed by atoms with Crippen LogP contribution >= 0.6 is 11.6 Å². The largest absolute Gasteiger partial charge is 0.450 e. The maximum absolute atomic E-state index is 11.9. The monoisotopic (exact) mass is 388 g/mol. The lowest BCUT2D eigenvalue weighted by Gasteiger charge is -2.14. The molecule has 2 heterocycles. The lowest BCUT2D eigenvalue weighted by Crippen LogP contribution is -2.27. The third-order valence-corrected chi connectivity index (χ3v) is 4.41. The van der Waals surface area contributed by atoms with Gasteiger partial charge in [0.1, 0.15) is 11.8 Å². The number of aromatic nitrogens is 4. The fourth-order valence-electron chi connectivity index (χ4n) is 2.66. The van der Waals surface area contributed by atoms with Crippen molar-refractivity contribution in [1.29, 1.82) is 0 Å². The Hall–Kier alpha value is -2.87. The molecular formula is C18H21ClN6O2. The zero-order valence-electron chi connectivity index (χ0n) is 14.9. The topological polar surface area (TPSA) is 108 Å². The second-order valence-corrected chi connectivity index (χ2v) is 6.57. The molecule has 0 fully saturated rings. The molecule has 3 N–H and O–H groups in total. The minimum atomic E-state index is -0.439. The smallest absolute Gasteiger partial charge is 0.407 e. The number of nitrogens with two attached hydrogens (primary N) is 1. The summed E-state index contributed by atoms with van der Waals surface area (Å²) in [6.07, 6.45) is 4.21. The van der Waals surface area contributed by atoms with E-state index in [-0.39, 0.29) is 6.04 Å². The molecule has 27 heavy (non-hydrogen) atoms. The highest BCUT2D eigenvalue weighted by Gasteiger charge is 2.11. The molecule has 3 aromatic rings. The SMILES string of the molecule is C[C@H](NC(=O)OCCCCn1cnc2c(N)ncnc21)c1ccc(Cl)cc1. The first kappa shape index (κ1) is 18.9. The minimum absolute atomic E-state index is 0.155. The summed E-state index contributed by atoms with van der Waals surface area (Å²) in [5, 5.41) is 3.46. The van der Waals surface area contributed by atoms with Gasteiger partial charge in [-0.25, -0.2) is 19.7 Å². The van der Waals surface area contributed by atoms with Crippen LogP contribution in [-0.4, -0.2) is 32.2 Å². The molecule has 2 aromatic heterocycles. The first-order chi connectivity index (χ1) is 13.0. The average Bonchev–Trinajstić information content (AvgIpc) is 3.06. The van der Waals surface area contributed by atoms with Crippen LogP contribution in [0.5, 0.6) is 0 Å². The number of nitrogens with zero attached hydrogens (tertiary/aromatic N) is 4. The van der Waals surface area contributed by atoms with Crippen molar-refractivity contribution in [2.45, 2.75) is 32.4 Å². The van der Waals surface area contributed by atoms with Gasteiger partial charge in [0.15, 0.2) is 11.5 Å². The normalized spacial score (nSPS) is 12.1. The Labute approximate surface area is 161 Å². The van der Waals surface area contributed by atoms with Crippen LogP contribution < -0.4 is 11.1 Å². The number of fused-ring (bicyclic) bond motifs is 1. The van der Waals surface area contributed by atoms with Gasteiger partial charge in [-0.05, 0) is 37.5 Å². The third-order valence-electron chi connectivity index (χ3n) is 4.16. The Morgan fingerprint density at radius 2 is 2.04 bits per heavy atom. The van der Waals surface area contributed by atoms with E-state index in [4.69, 9.17) is 22.1 Å². The third kappa shape index (κ3) is 4.85. The Balaban J connectivity index is 1.39. The summed E-state index contributed by atoms with van der Waals surface area (Å²) >= 11 is 5.87. The zero-order chi connectivity index (χ0) is 19.2. The number of ether oxygens (including phenoxy) is 1. The maximum Gasteiger partial charge on any atom is 0.407 e. The molecule has 0 bridgehead atoms. The number of halogens is 1. The van der Waals surface area contributed by atoms with Crippen molar-refractivity contribution in [3.05, 3.63) is 47.5 Å². The molecule has 0 aliphatic carbocycles. The number of rotatable bonds is 7. The predicted octanol–water partition coefficient (Wildman–Crippen LogP) is 3.33. The summed E-state index contributed by atoms with van der Waals surface area (Å²) in [7, 11) is 0. The molecule has 1 amide bonds. The molecule has 8 nitrogen and oxygen atoms in total. The van der Waals surface area contributed by atoms with Crippen LogP contribution in [0.15, 0.2) is 36.9 Å². The number of carbonyl (C=O) groups excluding carboxylic acids is 1. The number of hydrogen-bond acceptors (Lipinski definition) is 6. The number of alkyl carbamates (subject to hydrolysis) is 1. The van der Waals surface area contributed by atoms with E-state index in [2.05, 4.69) is 20.3 Å².